The molecular formula is C19H27N3O4. The number of methoxy groups -OCH3 is 1. The minimum atomic E-state index is -0.433. The molecule has 2 amide bonds. The summed E-state index contributed by atoms with van der Waals surface area (Å²) in [5, 5.41) is 12.2. The van der Waals surface area contributed by atoms with Gasteiger partial charge in [0.25, 0.3) is 0 Å². The van der Waals surface area contributed by atoms with Gasteiger partial charge in [-0.15, -0.1) is 0 Å². The molecular weight excluding hydrogens is 334 g/mol. The second-order valence-electron chi connectivity index (χ2n) is 7.05. The molecule has 142 valence electrons. The van der Waals surface area contributed by atoms with E-state index in [1.165, 1.54) is 20.0 Å². The molecule has 2 N–H and O–H groups in total. The molecule has 0 spiro atoms. The average Bonchev–Trinajstić information content (AvgIpc) is 3.47. The number of carbonyl (C=O) groups is 2. The van der Waals surface area contributed by atoms with E-state index in [0.717, 1.165) is 19.0 Å². The topological polar surface area (TPSA) is 82.1 Å². The molecule has 7 nitrogen and oxygen atoms in total. The predicted molar refractivity (Wildman–Crippen MR) is 98.2 cm³/mol. The van der Waals surface area contributed by atoms with E-state index in [1.54, 1.807) is 29.2 Å². The lowest BCUT2D eigenvalue weighted by Crippen LogP contribution is -2.56. The van der Waals surface area contributed by atoms with Gasteiger partial charge in [0.05, 0.1) is 12.7 Å². The van der Waals surface area contributed by atoms with E-state index in [9.17, 15) is 14.7 Å². The fourth-order valence-electron chi connectivity index (χ4n) is 3.42. The quantitative estimate of drug-likeness (QED) is 0.755. The molecule has 1 saturated heterocycles. The summed E-state index contributed by atoms with van der Waals surface area (Å²) in [5.41, 5.74) is 0.967. The number of nitrogens with one attached hydrogen (secondary N) is 1. The van der Waals surface area contributed by atoms with Gasteiger partial charge in [-0.05, 0) is 43.4 Å². The Hall–Kier alpha value is -2.12. The predicted octanol–water partition coefficient (Wildman–Crippen LogP) is 1.78. The first-order valence-electron chi connectivity index (χ1n) is 9.20. The van der Waals surface area contributed by atoms with Gasteiger partial charge in [-0.1, -0.05) is 6.07 Å². The summed E-state index contributed by atoms with van der Waals surface area (Å²) in [6.07, 6.45) is 3.26. The number of anilines is 1. The van der Waals surface area contributed by atoms with Gasteiger partial charge in [0.15, 0.2) is 0 Å². The highest BCUT2D eigenvalue weighted by atomic mass is 16.5. The monoisotopic (exact) mass is 361 g/mol. The van der Waals surface area contributed by atoms with Crippen LogP contribution < -0.4 is 5.32 Å². The van der Waals surface area contributed by atoms with Crippen molar-refractivity contribution in [2.24, 2.45) is 5.92 Å². The molecule has 26 heavy (non-hydrogen) atoms. The maximum absolute atomic E-state index is 12.6. The Morgan fingerprint density at radius 1 is 1.31 bits per heavy atom. The Morgan fingerprint density at radius 2 is 2.12 bits per heavy atom. The van der Waals surface area contributed by atoms with Crippen LogP contribution in [0.2, 0.25) is 0 Å². The molecule has 7 heteroatoms. The van der Waals surface area contributed by atoms with Gasteiger partial charge < -0.3 is 20.1 Å². The van der Waals surface area contributed by atoms with E-state index >= 15 is 0 Å². The number of rotatable bonds is 6. The number of amides is 2. The first kappa shape index (κ1) is 18.7. The number of urea groups is 1. The van der Waals surface area contributed by atoms with Gasteiger partial charge in [0.1, 0.15) is 0 Å². The van der Waals surface area contributed by atoms with Gasteiger partial charge in [0.2, 0.25) is 0 Å². The number of hydrogen-bond acceptors (Lipinski definition) is 5. The zero-order valence-corrected chi connectivity index (χ0v) is 15.2. The summed E-state index contributed by atoms with van der Waals surface area (Å²) in [5.74, 6) is 0.357. The van der Waals surface area contributed by atoms with Crippen LogP contribution in [0.1, 0.15) is 29.6 Å². The molecule has 1 heterocycles. The minimum absolute atomic E-state index is 0.127. The second kappa shape index (κ2) is 8.51. The van der Waals surface area contributed by atoms with Crippen LogP contribution in [-0.2, 0) is 4.74 Å². The fraction of sp³-hybridized carbons (Fsp3) is 0.579. The molecule has 1 atom stereocenters. The number of aliphatic hydroxyl groups excluding tert-OH is 1. The summed E-state index contributed by atoms with van der Waals surface area (Å²) in [7, 11) is 1.33. The molecule has 0 aromatic heterocycles. The highest BCUT2D eigenvalue weighted by Gasteiger charge is 2.33. The lowest BCUT2D eigenvalue weighted by atomic mass is 10.1. The molecule has 0 bridgehead atoms. The van der Waals surface area contributed by atoms with Crippen molar-refractivity contribution in [3.63, 3.8) is 0 Å². The molecule has 1 aliphatic carbocycles. The van der Waals surface area contributed by atoms with Gasteiger partial charge >= 0.3 is 12.0 Å². The van der Waals surface area contributed by atoms with Crippen molar-refractivity contribution in [1.82, 2.24) is 9.80 Å². The van der Waals surface area contributed by atoms with Crippen LogP contribution in [-0.4, -0.2) is 72.8 Å². The van der Waals surface area contributed by atoms with Crippen molar-refractivity contribution >= 4 is 17.7 Å². The van der Waals surface area contributed by atoms with Crippen molar-refractivity contribution in [3.05, 3.63) is 29.8 Å². The van der Waals surface area contributed by atoms with Crippen LogP contribution in [0.25, 0.3) is 0 Å². The summed E-state index contributed by atoms with van der Waals surface area (Å²) < 4.78 is 4.71. The molecule has 2 aliphatic rings. The van der Waals surface area contributed by atoms with E-state index in [4.69, 9.17) is 4.74 Å². The Morgan fingerprint density at radius 3 is 2.81 bits per heavy atom. The Balaban J connectivity index is 1.60. The van der Waals surface area contributed by atoms with Crippen LogP contribution >= 0.6 is 0 Å². The third-order valence-corrected chi connectivity index (χ3v) is 5.08. The van der Waals surface area contributed by atoms with Crippen LogP contribution in [0.4, 0.5) is 10.5 Å². The summed E-state index contributed by atoms with van der Waals surface area (Å²) in [6.45, 7) is 3.30. The van der Waals surface area contributed by atoms with E-state index in [0.29, 0.717) is 30.8 Å². The third-order valence-electron chi connectivity index (χ3n) is 5.08. The summed E-state index contributed by atoms with van der Waals surface area (Å²) in [6, 6.07) is 6.74. The van der Waals surface area contributed by atoms with Crippen molar-refractivity contribution in [2.45, 2.75) is 25.3 Å². The molecule has 1 aromatic rings. The number of nitrogens with zero attached hydrogens (tertiary/aromatic N) is 2. The zero-order valence-electron chi connectivity index (χ0n) is 15.2. The molecule has 1 saturated carbocycles. The number of carbonyl (C=O) groups excluding carboxylic acids is 2. The Kier molecular flexibility index (Phi) is 6.11. The summed E-state index contributed by atoms with van der Waals surface area (Å²) in [4.78, 5) is 28.4. The Bertz CT molecular complexity index is 647. The molecule has 3 rings (SSSR count). The highest BCUT2D eigenvalue weighted by molar-refractivity contribution is 5.93. The number of hydrogen-bond donors (Lipinski definition) is 2. The zero-order chi connectivity index (χ0) is 18.5. The molecule has 1 aliphatic heterocycles. The van der Waals surface area contributed by atoms with E-state index in [2.05, 4.69) is 10.2 Å². The minimum Gasteiger partial charge on any atom is -0.465 e. The Labute approximate surface area is 153 Å². The molecule has 0 radical (unpaired) electrons. The van der Waals surface area contributed by atoms with Gasteiger partial charge in [-0.3, -0.25) is 4.90 Å². The number of ether oxygens (including phenoxy) is 1. The largest absolute Gasteiger partial charge is 0.465 e. The first-order chi connectivity index (χ1) is 12.6. The number of esters is 1. The van der Waals surface area contributed by atoms with Crippen LogP contribution in [0.5, 0.6) is 0 Å². The number of aliphatic hydroxyl groups is 1. The van der Waals surface area contributed by atoms with E-state index in [-0.39, 0.29) is 18.7 Å². The van der Waals surface area contributed by atoms with Crippen molar-refractivity contribution < 1.29 is 19.4 Å². The second-order valence-corrected chi connectivity index (χ2v) is 7.05. The van der Waals surface area contributed by atoms with Gasteiger partial charge in [-0.25, -0.2) is 9.59 Å². The maximum Gasteiger partial charge on any atom is 0.337 e. The standard InChI is InChI=1S/C19H27N3O4/c1-26-18(24)15-3-2-4-16(11-15)20-19(25)22-9-8-21(12-14-5-6-14)17(13-22)7-10-23/h2-4,11,14,17,23H,5-10,12-13H2,1H3,(H,20,25)/t17-/m0/s1. The van der Waals surface area contributed by atoms with Crippen molar-refractivity contribution in [2.75, 3.05) is 45.2 Å². The van der Waals surface area contributed by atoms with Crippen LogP contribution in [0.3, 0.4) is 0 Å². The fourth-order valence-corrected chi connectivity index (χ4v) is 3.42. The van der Waals surface area contributed by atoms with Crippen molar-refractivity contribution in [3.8, 4) is 0 Å². The molecule has 0 unspecified atom stereocenters. The lowest BCUT2D eigenvalue weighted by Gasteiger charge is -2.41. The van der Waals surface area contributed by atoms with Gasteiger partial charge in [0, 0.05) is 44.5 Å². The highest BCUT2D eigenvalue weighted by Crippen LogP contribution is 2.31. The van der Waals surface area contributed by atoms with Crippen LogP contribution in [0, 0.1) is 5.92 Å². The molecule has 1 aromatic carbocycles. The normalized spacial score (nSPS) is 20.7. The SMILES string of the molecule is COC(=O)c1cccc(NC(=O)N2CCN(CC3CC3)[C@@H](CCO)C2)c1. The van der Waals surface area contributed by atoms with Crippen LogP contribution in [0.15, 0.2) is 24.3 Å². The van der Waals surface area contributed by atoms with Gasteiger partial charge in [-0.2, -0.15) is 0 Å². The molecule has 2 fully saturated rings. The first-order valence-corrected chi connectivity index (χ1v) is 9.20. The lowest BCUT2D eigenvalue weighted by molar-refractivity contribution is 0.0600. The summed E-state index contributed by atoms with van der Waals surface area (Å²) >= 11 is 0. The number of benzene rings is 1. The average molecular weight is 361 g/mol. The van der Waals surface area contributed by atoms with E-state index < -0.39 is 5.97 Å². The third kappa shape index (κ3) is 4.74. The van der Waals surface area contributed by atoms with Crippen molar-refractivity contribution in [1.29, 1.82) is 0 Å². The number of piperazine rings is 1. The van der Waals surface area contributed by atoms with E-state index in [1.807, 2.05) is 0 Å². The maximum atomic E-state index is 12.6. The smallest absolute Gasteiger partial charge is 0.337 e.